The summed E-state index contributed by atoms with van der Waals surface area (Å²) < 4.78 is 38.6. The zero-order valence-electron chi connectivity index (χ0n) is 47.0. The van der Waals surface area contributed by atoms with Crippen LogP contribution >= 0.6 is 0 Å². The molecule has 0 aromatic heterocycles. The van der Waals surface area contributed by atoms with Crippen LogP contribution in [-0.4, -0.2) is 112 Å². The first-order valence-electron chi connectivity index (χ1n) is 26.1. The monoisotopic (exact) mass is 1200 g/mol. The van der Waals surface area contributed by atoms with Gasteiger partial charge in [0.1, 0.15) is 52.0 Å². The largest absolute Gasteiger partial charge is 0.460 e. The first-order chi connectivity index (χ1) is 42.7. The minimum absolute atomic E-state index is 0.0465. The number of aliphatic imine (C=N–C) groups is 2. The van der Waals surface area contributed by atoms with Gasteiger partial charge in [0, 0.05) is 53.2 Å². The van der Waals surface area contributed by atoms with Gasteiger partial charge in [-0.05, 0) is 106 Å². The standard InChI is InChI=1S/C37H37N3O12.C22H13N3O3.C5H8O3/c1-4-31(41)47-19-22-50-35(44)38-28-13-7-25(8-14-28)34(26-9-15-29(16-10-26)39-36(45)51-23-20-48-32(42)5-2)27-11-17-30(18-12-27)40-37(46)52-24-21-49-33(43)6-3;23-13-28-21-11-5-18(6-12-21)22(16-1-7-19(8-2-16)24-14-26)17-3-9-20(10-4-17)25-15-27;1-2-5(7)8-4-3-6/h4-18,34H,1-3,19-24H2,(H,38,44)(H,39,45)(H,40,46);1-12,22H;2,6H,1,3-4H2. The van der Waals surface area contributed by atoms with Gasteiger partial charge in [-0.2, -0.15) is 9.98 Å². The molecule has 0 unspecified atom stereocenters. The molecule has 0 fully saturated rings. The number of aliphatic hydroxyl groups is 1. The molecule has 452 valence electrons. The lowest BCUT2D eigenvalue weighted by Gasteiger charge is -2.20. The Labute approximate surface area is 504 Å². The van der Waals surface area contributed by atoms with Crippen LogP contribution < -0.4 is 20.7 Å². The first-order valence-corrected chi connectivity index (χ1v) is 26.1. The second kappa shape index (κ2) is 38.7. The molecule has 6 aromatic rings. The van der Waals surface area contributed by atoms with Crippen molar-refractivity contribution in [3.63, 3.8) is 0 Å². The Bertz CT molecular complexity index is 3200. The molecule has 0 aliphatic heterocycles. The predicted molar refractivity (Wildman–Crippen MR) is 319 cm³/mol. The van der Waals surface area contributed by atoms with Gasteiger partial charge >= 0.3 is 42.2 Å². The summed E-state index contributed by atoms with van der Waals surface area (Å²) in [5.74, 6) is -2.40. The van der Waals surface area contributed by atoms with Crippen molar-refractivity contribution in [2.24, 2.45) is 9.98 Å². The molecule has 6 aromatic carbocycles. The van der Waals surface area contributed by atoms with Gasteiger partial charge in [0.05, 0.1) is 18.0 Å². The molecule has 0 atom stereocenters. The Kier molecular flexibility index (Phi) is 30.1. The van der Waals surface area contributed by atoms with Crippen LogP contribution in [0.4, 0.5) is 42.8 Å². The summed E-state index contributed by atoms with van der Waals surface area (Å²) in [4.78, 5) is 108. The topological polar surface area (TPSA) is 332 Å². The van der Waals surface area contributed by atoms with E-state index in [-0.39, 0.29) is 64.7 Å². The Hall–Kier alpha value is -12.0. The van der Waals surface area contributed by atoms with Crippen molar-refractivity contribution >= 4 is 82.8 Å². The lowest BCUT2D eigenvalue weighted by molar-refractivity contribution is -0.139. The average molecular weight is 1200 g/mol. The molecule has 0 radical (unpaired) electrons. The fraction of sp³-hybridized carbons (Fsp3) is 0.156. The van der Waals surface area contributed by atoms with E-state index in [0.717, 1.165) is 57.7 Å². The minimum atomic E-state index is -0.738. The van der Waals surface area contributed by atoms with E-state index in [0.29, 0.717) is 34.2 Å². The molecule has 0 aliphatic rings. The van der Waals surface area contributed by atoms with E-state index < -0.39 is 42.2 Å². The highest BCUT2D eigenvalue weighted by atomic mass is 16.6. The van der Waals surface area contributed by atoms with Crippen molar-refractivity contribution in [3.05, 3.63) is 230 Å². The van der Waals surface area contributed by atoms with Crippen LogP contribution in [0, 0.1) is 11.5 Å². The Morgan fingerprint density at radius 1 is 0.409 bits per heavy atom. The van der Waals surface area contributed by atoms with E-state index in [1.54, 1.807) is 79.1 Å². The third-order valence-corrected chi connectivity index (χ3v) is 11.3. The molecule has 0 heterocycles. The predicted octanol–water partition coefficient (Wildman–Crippen LogP) is 10.1. The molecule has 24 nitrogen and oxygen atoms in total. The number of aliphatic hydroxyl groups excluding tert-OH is 1. The van der Waals surface area contributed by atoms with Gasteiger partial charge in [0.15, 0.2) is 0 Å². The van der Waals surface area contributed by atoms with Crippen LogP contribution in [0.2, 0.25) is 0 Å². The molecule has 0 bridgehead atoms. The summed E-state index contributed by atoms with van der Waals surface area (Å²) in [5.41, 5.74) is 7.81. The number of hydrogen-bond acceptors (Lipinski definition) is 21. The smallest absolute Gasteiger partial charge is 0.411 e. The average Bonchev–Trinajstić information content (AvgIpc) is 1.59. The lowest BCUT2D eigenvalue weighted by atomic mass is 9.85. The van der Waals surface area contributed by atoms with Gasteiger partial charge in [-0.15, -0.1) is 5.26 Å². The summed E-state index contributed by atoms with van der Waals surface area (Å²) in [6.45, 7) is 12.1. The van der Waals surface area contributed by atoms with Crippen LogP contribution in [0.15, 0.2) is 206 Å². The number of ether oxygens (including phenoxy) is 8. The van der Waals surface area contributed by atoms with E-state index in [1.165, 1.54) is 12.2 Å². The second-order valence-electron chi connectivity index (χ2n) is 17.1. The highest BCUT2D eigenvalue weighted by molar-refractivity contribution is 5.87. The zero-order valence-corrected chi connectivity index (χ0v) is 47.0. The van der Waals surface area contributed by atoms with Gasteiger partial charge < -0.3 is 43.0 Å². The van der Waals surface area contributed by atoms with Crippen LogP contribution in [0.5, 0.6) is 5.75 Å². The maximum Gasteiger partial charge on any atom is 0.411 e. The van der Waals surface area contributed by atoms with Crippen molar-refractivity contribution < 1.29 is 86.2 Å². The zero-order chi connectivity index (χ0) is 63.9. The third-order valence-electron chi connectivity index (χ3n) is 11.3. The summed E-state index contributed by atoms with van der Waals surface area (Å²) in [6.07, 6.45) is 6.55. The van der Waals surface area contributed by atoms with E-state index in [9.17, 15) is 43.2 Å². The number of anilines is 3. The fourth-order valence-electron chi connectivity index (χ4n) is 7.47. The molecule has 4 N–H and O–H groups in total. The van der Waals surface area contributed by atoms with Crippen LogP contribution in [0.25, 0.3) is 0 Å². The molecule has 0 aliphatic carbocycles. The van der Waals surface area contributed by atoms with Crippen LogP contribution in [-0.2, 0) is 61.9 Å². The van der Waals surface area contributed by atoms with Gasteiger partial charge in [-0.25, -0.2) is 43.2 Å². The van der Waals surface area contributed by atoms with E-state index >= 15 is 0 Å². The third kappa shape index (κ3) is 24.8. The number of esters is 4. The Morgan fingerprint density at radius 3 is 0.909 bits per heavy atom. The SMILES string of the molecule is C=CC(=O)OCCO.C=CC(=O)OCCOC(=O)Nc1ccc(C(c2ccc(NC(=O)OCCOC(=O)C=C)cc2)c2ccc(NC(=O)OCCOC(=O)C=C)cc2)cc1.N#COc1ccc(C(c2ccc(N=C=O)cc2)c2ccc(N=C=O)cc2)cc1. The van der Waals surface area contributed by atoms with Gasteiger partial charge in [-0.3, -0.25) is 16.0 Å². The summed E-state index contributed by atoms with van der Waals surface area (Å²) in [6, 6.07) is 42.8. The summed E-state index contributed by atoms with van der Waals surface area (Å²) in [5, 5.41) is 24.6. The van der Waals surface area contributed by atoms with Gasteiger partial charge in [0.2, 0.25) is 12.2 Å². The molecule has 24 heteroatoms. The number of rotatable bonds is 27. The number of benzene rings is 6. The van der Waals surface area contributed by atoms with Crippen molar-refractivity contribution in [1.29, 1.82) is 5.26 Å². The number of isocyanates is 2. The number of hydrogen-bond donors (Lipinski definition) is 4. The van der Waals surface area contributed by atoms with Crippen molar-refractivity contribution in [1.82, 2.24) is 0 Å². The van der Waals surface area contributed by atoms with Crippen LogP contribution in [0.3, 0.4) is 0 Å². The Morgan fingerprint density at radius 2 is 0.659 bits per heavy atom. The van der Waals surface area contributed by atoms with E-state index in [4.69, 9.17) is 43.5 Å². The number of carbonyl (C=O) groups excluding carboxylic acids is 9. The Balaban J connectivity index is 0.000000380. The van der Waals surface area contributed by atoms with Crippen molar-refractivity contribution in [2.75, 3.05) is 68.8 Å². The number of nitrogens with one attached hydrogen (secondary N) is 3. The number of nitriles is 1. The maximum atomic E-state index is 12.2. The quantitative estimate of drug-likeness (QED) is 0.00544. The maximum absolute atomic E-state index is 12.2. The lowest BCUT2D eigenvalue weighted by Crippen LogP contribution is -2.18. The fourth-order valence-corrected chi connectivity index (χ4v) is 7.47. The molecular weight excluding hydrogens is 1140 g/mol. The molecule has 0 spiro atoms. The summed E-state index contributed by atoms with van der Waals surface area (Å²) >= 11 is 0. The highest BCUT2D eigenvalue weighted by Crippen LogP contribution is 2.36. The minimum Gasteiger partial charge on any atom is -0.460 e. The second-order valence-corrected chi connectivity index (χ2v) is 17.1. The summed E-state index contributed by atoms with van der Waals surface area (Å²) in [7, 11) is 0. The van der Waals surface area contributed by atoms with Gasteiger partial charge in [0.25, 0.3) is 6.26 Å². The molecule has 0 saturated carbocycles. The molecule has 0 saturated heterocycles. The number of carbonyl (C=O) groups is 7. The normalized spacial score (nSPS) is 10.1. The molecule has 3 amide bonds. The number of amides is 3. The first kappa shape index (κ1) is 68.5. The molecular formula is C64H58N6O18. The highest BCUT2D eigenvalue weighted by Gasteiger charge is 2.20. The van der Waals surface area contributed by atoms with Crippen LogP contribution in [0.1, 0.15) is 45.2 Å². The van der Waals surface area contributed by atoms with E-state index in [2.05, 4.69) is 57.0 Å². The van der Waals surface area contributed by atoms with Crippen molar-refractivity contribution in [2.45, 2.75) is 11.8 Å². The van der Waals surface area contributed by atoms with Gasteiger partial charge in [-0.1, -0.05) is 99.1 Å². The van der Waals surface area contributed by atoms with E-state index in [1.807, 2.05) is 72.8 Å². The molecule has 88 heavy (non-hydrogen) atoms. The van der Waals surface area contributed by atoms with Crippen molar-refractivity contribution in [3.8, 4) is 12.0 Å². The number of nitrogens with zero attached hydrogens (tertiary/aromatic N) is 3. The molecule has 6 rings (SSSR count).